The highest BCUT2D eigenvalue weighted by Gasteiger charge is 2.34. The molecular weight excluding hydrogens is 514 g/mol. The second-order valence-corrected chi connectivity index (χ2v) is 11.8. The number of aryl methyl sites for hydroxylation is 1. The zero-order valence-corrected chi connectivity index (χ0v) is 25.4. The number of aromatic nitrogens is 2. The molecule has 0 saturated carbocycles. The summed E-state index contributed by atoms with van der Waals surface area (Å²) < 4.78 is 11.5. The van der Waals surface area contributed by atoms with Gasteiger partial charge in [0.25, 0.3) is 0 Å². The van der Waals surface area contributed by atoms with Crippen molar-refractivity contribution in [2.24, 2.45) is 11.1 Å². The molecule has 0 bridgehead atoms. The maximum atomic E-state index is 6.47. The Kier molecular flexibility index (Phi) is 9.68. The fourth-order valence-corrected chi connectivity index (χ4v) is 6.71. The lowest BCUT2D eigenvalue weighted by atomic mass is 9.72. The molecule has 3 aliphatic rings. The molecule has 0 spiro atoms. The number of nitrogens with zero attached hydrogens (tertiary/aromatic N) is 3. The van der Waals surface area contributed by atoms with Crippen LogP contribution in [0.1, 0.15) is 87.6 Å². The average molecular weight is 564 g/mol. The van der Waals surface area contributed by atoms with Crippen LogP contribution < -0.4 is 31.3 Å². The minimum Gasteiger partial charge on any atom is -0.495 e. The molecule has 1 aromatic heterocycles. The van der Waals surface area contributed by atoms with E-state index < -0.39 is 6.17 Å². The number of hydrogen-bond donors (Lipinski definition) is 4. The Labute approximate surface area is 245 Å². The third-order valence-corrected chi connectivity index (χ3v) is 9.19. The van der Waals surface area contributed by atoms with Gasteiger partial charge in [-0.15, -0.1) is 0 Å². The quantitative estimate of drug-likeness (QED) is 0.312. The molecule has 1 atom stereocenters. The number of ether oxygens (including phenoxy) is 2. The second-order valence-electron chi connectivity index (χ2n) is 11.8. The summed E-state index contributed by atoms with van der Waals surface area (Å²) in [5, 5.41) is 10.3. The largest absolute Gasteiger partial charge is 0.495 e. The van der Waals surface area contributed by atoms with E-state index in [9.17, 15) is 0 Å². The predicted octanol–water partition coefficient (Wildman–Crippen LogP) is 4.58. The van der Waals surface area contributed by atoms with E-state index in [2.05, 4.69) is 59.9 Å². The molecule has 224 valence electrons. The fourth-order valence-electron chi connectivity index (χ4n) is 6.71. The minimum atomic E-state index is -0.399. The highest BCUT2D eigenvalue weighted by atomic mass is 16.5. The van der Waals surface area contributed by atoms with Crippen molar-refractivity contribution in [3.05, 3.63) is 47.0 Å². The van der Waals surface area contributed by atoms with E-state index in [1.54, 1.807) is 7.11 Å². The molecule has 3 aliphatic heterocycles. The number of nitrogens with one attached hydrogen (secondary N) is 3. The van der Waals surface area contributed by atoms with Gasteiger partial charge in [0, 0.05) is 44.1 Å². The molecule has 4 heterocycles. The van der Waals surface area contributed by atoms with Crippen LogP contribution in [0.15, 0.2) is 24.4 Å². The van der Waals surface area contributed by atoms with Gasteiger partial charge in [0.15, 0.2) is 0 Å². The maximum absolute atomic E-state index is 6.47. The summed E-state index contributed by atoms with van der Waals surface area (Å²) in [6.07, 6.45) is 10.5. The zero-order valence-electron chi connectivity index (χ0n) is 25.4. The van der Waals surface area contributed by atoms with E-state index in [4.69, 9.17) is 25.2 Å². The van der Waals surface area contributed by atoms with Crippen molar-refractivity contribution >= 4 is 17.1 Å². The third-order valence-electron chi connectivity index (χ3n) is 9.19. The summed E-state index contributed by atoms with van der Waals surface area (Å²) >= 11 is 0. The summed E-state index contributed by atoms with van der Waals surface area (Å²) in [5.74, 6) is 1.74. The summed E-state index contributed by atoms with van der Waals surface area (Å²) in [6, 6.07) is 6.86. The van der Waals surface area contributed by atoms with Gasteiger partial charge in [-0.2, -0.15) is 0 Å². The van der Waals surface area contributed by atoms with Gasteiger partial charge in [-0.05, 0) is 81.6 Å². The summed E-state index contributed by atoms with van der Waals surface area (Å²) in [4.78, 5) is 12.7. The first-order chi connectivity index (χ1) is 20.0. The second kappa shape index (κ2) is 13.4. The molecule has 1 unspecified atom stereocenters. The Balaban J connectivity index is 1.40. The molecule has 0 aliphatic carbocycles. The Morgan fingerprint density at radius 2 is 1.93 bits per heavy atom. The monoisotopic (exact) mass is 563 g/mol. The van der Waals surface area contributed by atoms with Crippen LogP contribution in [0.5, 0.6) is 5.75 Å². The van der Waals surface area contributed by atoms with Crippen LogP contribution >= 0.6 is 0 Å². The third kappa shape index (κ3) is 6.47. The van der Waals surface area contributed by atoms with Crippen LogP contribution in [0.2, 0.25) is 0 Å². The Hall–Kier alpha value is -2.88. The molecule has 41 heavy (non-hydrogen) atoms. The highest BCUT2D eigenvalue weighted by molar-refractivity contribution is 5.83. The zero-order chi connectivity index (χ0) is 28.8. The van der Waals surface area contributed by atoms with Gasteiger partial charge in [-0.25, -0.2) is 9.97 Å². The van der Waals surface area contributed by atoms with Gasteiger partial charge in [0.1, 0.15) is 23.4 Å². The van der Waals surface area contributed by atoms with Gasteiger partial charge in [0.05, 0.1) is 24.2 Å². The van der Waals surface area contributed by atoms with Crippen molar-refractivity contribution in [2.75, 3.05) is 57.2 Å². The first-order valence-electron chi connectivity index (χ1n) is 15.6. The number of hydrogen-bond acceptors (Lipinski definition) is 9. The van der Waals surface area contributed by atoms with Gasteiger partial charge in [-0.1, -0.05) is 26.3 Å². The number of benzene rings is 1. The molecule has 0 radical (unpaired) electrons. The smallest absolute Gasteiger partial charge is 0.148 e. The van der Waals surface area contributed by atoms with Gasteiger partial charge >= 0.3 is 0 Å². The SMILES string of the molecule is CCCC1(CCNC)CCN(c2ccc(C3=CNC(N)c4nc(CC)c(NC5CCOCC5)nc43)cc2OC)CC1. The maximum Gasteiger partial charge on any atom is 0.148 e. The fraction of sp³-hybridized carbons (Fsp3) is 0.625. The van der Waals surface area contributed by atoms with Crippen molar-refractivity contribution in [1.29, 1.82) is 0 Å². The normalized spacial score (nSPS) is 20.7. The predicted molar refractivity (Wildman–Crippen MR) is 166 cm³/mol. The first kappa shape index (κ1) is 29.6. The number of nitrogens with two attached hydrogens (primary N) is 1. The molecule has 1 aromatic carbocycles. The van der Waals surface area contributed by atoms with E-state index >= 15 is 0 Å². The number of fused-ring (bicyclic) bond motifs is 1. The highest BCUT2D eigenvalue weighted by Crippen LogP contribution is 2.43. The summed E-state index contributed by atoms with van der Waals surface area (Å²) in [7, 11) is 3.82. The van der Waals surface area contributed by atoms with Crippen molar-refractivity contribution in [3.8, 4) is 5.75 Å². The van der Waals surface area contributed by atoms with Crippen LogP contribution in [0.4, 0.5) is 11.5 Å². The van der Waals surface area contributed by atoms with Crippen LogP contribution in [-0.4, -0.2) is 63.0 Å². The van der Waals surface area contributed by atoms with E-state index in [1.165, 1.54) is 32.1 Å². The van der Waals surface area contributed by atoms with E-state index in [0.717, 1.165) is 97.6 Å². The molecule has 9 heteroatoms. The van der Waals surface area contributed by atoms with Gasteiger partial charge in [-0.3, -0.25) is 0 Å². The van der Waals surface area contributed by atoms with Crippen LogP contribution in [-0.2, 0) is 11.2 Å². The van der Waals surface area contributed by atoms with Crippen molar-refractivity contribution in [2.45, 2.75) is 77.4 Å². The topological polar surface area (TPSA) is 110 Å². The molecular formula is C32H49N7O2. The number of anilines is 2. The van der Waals surface area contributed by atoms with E-state index in [0.29, 0.717) is 11.5 Å². The van der Waals surface area contributed by atoms with Crippen molar-refractivity contribution in [3.63, 3.8) is 0 Å². The molecule has 2 fully saturated rings. The molecule has 5 rings (SSSR count). The van der Waals surface area contributed by atoms with Crippen molar-refractivity contribution in [1.82, 2.24) is 20.6 Å². The van der Waals surface area contributed by atoms with Gasteiger partial charge < -0.3 is 36.1 Å². The lowest BCUT2D eigenvalue weighted by molar-refractivity contribution is 0.0903. The lowest BCUT2D eigenvalue weighted by Gasteiger charge is -2.43. The number of rotatable bonds is 11. The molecule has 2 saturated heterocycles. The molecule has 0 amide bonds. The van der Waals surface area contributed by atoms with E-state index in [-0.39, 0.29) is 0 Å². The first-order valence-corrected chi connectivity index (χ1v) is 15.6. The van der Waals surface area contributed by atoms with Crippen LogP contribution in [0.3, 0.4) is 0 Å². The van der Waals surface area contributed by atoms with Crippen LogP contribution in [0, 0.1) is 5.41 Å². The lowest BCUT2D eigenvalue weighted by Crippen LogP contribution is -2.41. The number of piperidine rings is 1. The van der Waals surface area contributed by atoms with E-state index in [1.807, 2.05) is 6.20 Å². The Bertz CT molecular complexity index is 1200. The standard InChI is InChI=1S/C32H49N7O2/c1-5-11-32(12-15-34-3)13-16-39(17-14-32)26-8-7-22(20-27(26)40-4)24-21-35-30(33)29-28(24)38-31(25(6-2)37-29)36-23-9-18-41-19-10-23/h7-8,20-21,23,30,34-35H,5-6,9-19,33H2,1-4H3,(H,36,38). The van der Waals surface area contributed by atoms with Crippen molar-refractivity contribution < 1.29 is 9.47 Å². The number of methoxy groups -OCH3 is 1. The summed E-state index contributed by atoms with van der Waals surface area (Å²) in [5.41, 5.74) is 12.6. The Morgan fingerprint density at radius 3 is 2.61 bits per heavy atom. The summed E-state index contributed by atoms with van der Waals surface area (Å²) in [6.45, 7) is 9.16. The van der Waals surface area contributed by atoms with Gasteiger partial charge in [0.2, 0.25) is 0 Å². The Morgan fingerprint density at radius 1 is 1.15 bits per heavy atom. The average Bonchev–Trinajstić information content (AvgIpc) is 3.01. The minimum absolute atomic E-state index is 0.336. The van der Waals surface area contributed by atoms with Crippen LogP contribution in [0.25, 0.3) is 5.57 Å². The molecule has 9 nitrogen and oxygen atoms in total. The molecule has 5 N–H and O–H groups in total. The molecule has 2 aromatic rings.